The van der Waals surface area contributed by atoms with Crippen molar-refractivity contribution in [3.05, 3.63) is 30.3 Å². The molecule has 15 heavy (non-hydrogen) atoms. The highest BCUT2D eigenvalue weighted by atomic mass is 32.2. The van der Waals surface area contributed by atoms with Crippen LogP contribution in [0.1, 0.15) is 6.92 Å². The fraction of sp³-hybridized carbons (Fsp3) is 0.364. The molecule has 3 nitrogen and oxygen atoms in total. The number of benzene rings is 1. The Hall–Kier alpha value is -1.00. The van der Waals surface area contributed by atoms with Crippen molar-refractivity contribution in [2.45, 2.75) is 23.1 Å². The summed E-state index contributed by atoms with van der Waals surface area (Å²) in [5.41, 5.74) is 5.72. The molecule has 0 amide bonds. The normalized spacial score (nSPS) is 14.3. The summed E-state index contributed by atoms with van der Waals surface area (Å²) < 4.78 is 4.59. The fourth-order valence-electron chi connectivity index (χ4n) is 1.11. The molecule has 0 fully saturated rings. The van der Waals surface area contributed by atoms with E-state index in [9.17, 15) is 4.79 Å². The van der Waals surface area contributed by atoms with Crippen LogP contribution in [0.15, 0.2) is 35.2 Å². The first-order valence-electron chi connectivity index (χ1n) is 4.70. The quantitative estimate of drug-likeness (QED) is 0.625. The molecule has 0 spiro atoms. The molecule has 0 saturated carbocycles. The Kier molecular flexibility index (Phi) is 4.65. The van der Waals surface area contributed by atoms with E-state index in [-0.39, 0.29) is 11.2 Å². The molecule has 2 N–H and O–H groups in total. The first-order valence-corrected chi connectivity index (χ1v) is 5.58. The lowest BCUT2D eigenvalue weighted by atomic mass is 10.2. The minimum Gasteiger partial charge on any atom is -0.468 e. The van der Waals surface area contributed by atoms with Crippen LogP contribution in [0.3, 0.4) is 0 Å². The summed E-state index contributed by atoms with van der Waals surface area (Å²) in [6.45, 7) is 1.92. The predicted octanol–water partition coefficient (Wildman–Crippen LogP) is 1.67. The molecule has 0 aliphatic heterocycles. The van der Waals surface area contributed by atoms with Gasteiger partial charge in [0.2, 0.25) is 0 Å². The molecular formula is C11H15NO2S. The van der Waals surface area contributed by atoms with Gasteiger partial charge < -0.3 is 10.5 Å². The molecule has 0 aliphatic rings. The summed E-state index contributed by atoms with van der Waals surface area (Å²) in [5, 5.41) is -0.000139. The molecule has 0 aliphatic carbocycles. The molecule has 1 aromatic carbocycles. The van der Waals surface area contributed by atoms with Gasteiger partial charge in [-0.1, -0.05) is 25.1 Å². The number of thioether (sulfide) groups is 1. The van der Waals surface area contributed by atoms with E-state index in [4.69, 9.17) is 5.73 Å². The molecule has 0 unspecified atom stereocenters. The summed E-state index contributed by atoms with van der Waals surface area (Å²) in [6, 6.07) is 9.27. The van der Waals surface area contributed by atoms with Crippen molar-refractivity contribution < 1.29 is 9.53 Å². The van der Waals surface area contributed by atoms with Gasteiger partial charge in [0.15, 0.2) is 0 Å². The summed E-state index contributed by atoms with van der Waals surface area (Å²) in [7, 11) is 1.35. The highest BCUT2D eigenvalue weighted by Gasteiger charge is 2.22. The molecular weight excluding hydrogens is 210 g/mol. The average molecular weight is 225 g/mol. The maximum absolute atomic E-state index is 11.2. The van der Waals surface area contributed by atoms with Gasteiger partial charge in [-0.2, -0.15) is 0 Å². The lowest BCUT2D eigenvalue weighted by Crippen LogP contribution is -2.39. The van der Waals surface area contributed by atoms with Gasteiger partial charge in [-0.05, 0) is 12.1 Å². The largest absolute Gasteiger partial charge is 0.468 e. The molecule has 4 heteroatoms. The zero-order valence-electron chi connectivity index (χ0n) is 8.84. The summed E-state index contributed by atoms with van der Waals surface area (Å²) in [4.78, 5) is 12.3. The van der Waals surface area contributed by atoms with Gasteiger partial charge >= 0.3 is 5.97 Å². The highest BCUT2D eigenvalue weighted by Crippen LogP contribution is 2.24. The Bertz CT molecular complexity index is 316. The van der Waals surface area contributed by atoms with Crippen molar-refractivity contribution in [3.63, 3.8) is 0 Å². The minimum atomic E-state index is -0.583. The lowest BCUT2D eigenvalue weighted by Gasteiger charge is -2.16. The van der Waals surface area contributed by atoms with Gasteiger partial charge in [0, 0.05) is 10.1 Å². The Morgan fingerprint density at radius 1 is 1.40 bits per heavy atom. The van der Waals surface area contributed by atoms with Crippen LogP contribution in [0.4, 0.5) is 0 Å². The Labute approximate surface area is 94.0 Å². The van der Waals surface area contributed by atoms with Crippen LogP contribution in [-0.4, -0.2) is 24.4 Å². The molecule has 0 heterocycles. The molecule has 0 radical (unpaired) electrons. The molecule has 82 valence electrons. The second-order valence-electron chi connectivity index (χ2n) is 3.18. The van der Waals surface area contributed by atoms with E-state index in [0.717, 1.165) is 4.90 Å². The van der Waals surface area contributed by atoms with Crippen molar-refractivity contribution in [3.8, 4) is 0 Å². The van der Waals surface area contributed by atoms with E-state index in [1.807, 2.05) is 37.3 Å². The third-order valence-electron chi connectivity index (χ3n) is 2.04. The third kappa shape index (κ3) is 3.57. The number of carbonyl (C=O) groups excluding carboxylic acids is 1. The molecule has 2 atom stereocenters. The molecule has 1 aromatic rings. The van der Waals surface area contributed by atoms with Crippen molar-refractivity contribution in [1.82, 2.24) is 0 Å². The molecule has 0 bridgehead atoms. The van der Waals surface area contributed by atoms with E-state index in [2.05, 4.69) is 4.74 Å². The van der Waals surface area contributed by atoms with E-state index in [0.29, 0.717) is 0 Å². The van der Waals surface area contributed by atoms with Crippen molar-refractivity contribution in [2.75, 3.05) is 7.11 Å². The van der Waals surface area contributed by atoms with Crippen LogP contribution in [-0.2, 0) is 9.53 Å². The summed E-state index contributed by atoms with van der Waals surface area (Å²) >= 11 is 1.57. The van der Waals surface area contributed by atoms with Crippen LogP contribution in [0.5, 0.6) is 0 Å². The van der Waals surface area contributed by atoms with E-state index in [1.54, 1.807) is 11.8 Å². The maximum atomic E-state index is 11.2. The molecule has 0 saturated heterocycles. The van der Waals surface area contributed by atoms with Crippen molar-refractivity contribution >= 4 is 17.7 Å². The smallest absolute Gasteiger partial charge is 0.323 e. The molecule has 0 aromatic heterocycles. The number of rotatable bonds is 4. The predicted molar refractivity (Wildman–Crippen MR) is 61.8 cm³/mol. The first kappa shape index (κ1) is 12.1. The second-order valence-corrected chi connectivity index (χ2v) is 4.64. The monoisotopic (exact) mass is 225 g/mol. The Morgan fingerprint density at radius 2 is 2.00 bits per heavy atom. The zero-order chi connectivity index (χ0) is 11.3. The van der Waals surface area contributed by atoms with Crippen molar-refractivity contribution in [2.24, 2.45) is 5.73 Å². The average Bonchev–Trinajstić information content (AvgIpc) is 2.28. The van der Waals surface area contributed by atoms with E-state index in [1.165, 1.54) is 7.11 Å². The van der Waals surface area contributed by atoms with Crippen LogP contribution in [0, 0.1) is 0 Å². The third-order valence-corrected chi connectivity index (χ3v) is 3.25. The number of hydrogen-bond donors (Lipinski definition) is 1. The summed E-state index contributed by atoms with van der Waals surface area (Å²) in [6.07, 6.45) is 0. The second kappa shape index (κ2) is 5.78. The van der Waals surface area contributed by atoms with Gasteiger partial charge in [-0.25, -0.2) is 0 Å². The highest BCUT2D eigenvalue weighted by molar-refractivity contribution is 8.00. The number of nitrogens with two attached hydrogens (primary N) is 1. The SMILES string of the molecule is COC(=O)[C@H](N)[C@@H](C)Sc1ccccc1. The van der Waals surface area contributed by atoms with Crippen LogP contribution in [0.2, 0.25) is 0 Å². The number of hydrogen-bond acceptors (Lipinski definition) is 4. The summed E-state index contributed by atoms with van der Waals surface area (Å²) in [5.74, 6) is -0.370. The van der Waals surface area contributed by atoms with Crippen molar-refractivity contribution in [1.29, 1.82) is 0 Å². The van der Waals surface area contributed by atoms with Crippen LogP contribution < -0.4 is 5.73 Å². The van der Waals surface area contributed by atoms with Gasteiger partial charge in [0.25, 0.3) is 0 Å². The van der Waals surface area contributed by atoms with Gasteiger partial charge in [-0.3, -0.25) is 4.79 Å². The van der Waals surface area contributed by atoms with E-state index < -0.39 is 6.04 Å². The zero-order valence-corrected chi connectivity index (χ0v) is 9.66. The number of esters is 1. The Balaban J connectivity index is 2.56. The fourth-order valence-corrected chi connectivity index (χ4v) is 2.12. The number of carbonyl (C=O) groups is 1. The number of methoxy groups -OCH3 is 1. The van der Waals surface area contributed by atoms with Gasteiger partial charge in [-0.15, -0.1) is 11.8 Å². The van der Waals surface area contributed by atoms with Crippen LogP contribution in [0.25, 0.3) is 0 Å². The van der Waals surface area contributed by atoms with Gasteiger partial charge in [0.05, 0.1) is 7.11 Å². The minimum absolute atomic E-state index is 0.000139. The van der Waals surface area contributed by atoms with Crippen LogP contribution >= 0.6 is 11.8 Å². The van der Waals surface area contributed by atoms with E-state index >= 15 is 0 Å². The maximum Gasteiger partial charge on any atom is 0.323 e. The topological polar surface area (TPSA) is 52.3 Å². The lowest BCUT2D eigenvalue weighted by molar-refractivity contribution is -0.142. The van der Waals surface area contributed by atoms with Gasteiger partial charge in [0.1, 0.15) is 6.04 Å². The number of ether oxygens (including phenoxy) is 1. The first-order chi connectivity index (χ1) is 7.15. The molecule has 1 rings (SSSR count). The standard InChI is InChI=1S/C11H15NO2S/c1-8(10(12)11(13)14-2)15-9-6-4-3-5-7-9/h3-8,10H,12H2,1-2H3/t8-,10-/m1/s1. The Morgan fingerprint density at radius 3 is 2.53 bits per heavy atom.